The highest BCUT2D eigenvalue weighted by atomic mass is 79.9. The summed E-state index contributed by atoms with van der Waals surface area (Å²) in [6.45, 7) is 4.19. The van der Waals surface area contributed by atoms with E-state index in [1.165, 1.54) is 0 Å². The first-order valence-electron chi connectivity index (χ1n) is 6.60. The molecule has 0 saturated heterocycles. The summed E-state index contributed by atoms with van der Waals surface area (Å²) in [6.07, 6.45) is 1.38. The summed E-state index contributed by atoms with van der Waals surface area (Å²) in [6, 6.07) is 9.74. The van der Waals surface area contributed by atoms with E-state index in [-0.39, 0.29) is 11.2 Å². The third kappa shape index (κ3) is 2.52. The topological polar surface area (TPSA) is 42.9 Å². The average molecular weight is 331 g/mol. The summed E-state index contributed by atoms with van der Waals surface area (Å²) in [7, 11) is 0. The molecule has 1 aliphatic carbocycles. The Morgan fingerprint density at radius 3 is 2.50 bits per heavy atom. The molecule has 0 radical (unpaired) electrons. The molecule has 0 spiro atoms. The van der Waals surface area contributed by atoms with E-state index in [1.807, 2.05) is 30.3 Å². The number of ketones is 1. The second kappa shape index (κ2) is 4.77. The molecule has 3 rings (SSSR count). The zero-order valence-corrected chi connectivity index (χ0v) is 13.1. The van der Waals surface area contributed by atoms with Gasteiger partial charge < -0.3 is 0 Å². The van der Waals surface area contributed by atoms with Crippen LogP contribution >= 0.6 is 15.9 Å². The first-order chi connectivity index (χ1) is 9.44. The van der Waals surface area contributed by atoms with Crippen LogP contribution in [0.5, 0.6) is 0 Å². The fraction of sp³-hybridized carbons (Fsp3) is 0.312. The van der Waals surface area contributed by atoms with Gasteiger partial charge in [0.2, 0.25) is 0 Å². The highest BCUT2D eigenvalue weighted by Gasteiger charge is 2.32. The normalized spacial score (nSPS) is 16.9. The van der Waals surface area contributed by atoms with Crippen LogP contribution in [0.3, 0.4) is 0 Å². The van der Waals surface area contributed by atoms with E-state index >= 15 is 0 Å². The minimum Gasteiger partial charge on any atom is -0.294 e. The SMILES string of the molecule is CC1(C)CC(=O)c2cc(-c3ccc(Br)cc3)nnc2C1. The van der Waals surface area contributed by atoms with Crippen LogP contribution in [-0.2, 0) is 6.42 Å². The van der Waals surface area contributed by atoms with E-state index in [0.717, 1.165) is 33.4 Å². The smallest absolute Gasteiger partial charge is 0.165 e. The number of carbonyl (C=O) groups is 1. The van der Waals surface area contributed by atoms with Crippen LogP contribution < -0.4 is 0 Å². The minimum absolute atomic E-state index is 0.0160. The van der Waals surface area contributed by atoms with Gasteiger partial charge in [0.25, 0.3) is 0 Å². The number of halogens is 1. The maximum atomic E-state index is 12.3. The number of aromatic nitrogens is 2. The first kappa shape index (κ1) is 13.4. The number of nitrogens with zero attached hydrogens (tertiary/aromatic N) is 2. The standard InChI is InChI=1S/C16H15BrN2O/c1-16(2)8-14-12(15(20)9-16)7-13(18-19-14)10-3-5-11(17)6-4-10/h3-7H,8-9H2,1-2H3. The van der Waals surface area contributed by atoms with Gasteiger partial charge in [-0.1, -0.05) is 41.9 Å². The zero-order chi connectivity index (χ0) is 14.3. The molecule has 0 fully saturated rings. The van der Waals surface area contributed by atoms with Crippen molar-refractivity contribution in [1.29, 1.82) is 0 Å². The lowest BCUT2D eigenvalue weighted by molar-refractivity contribution is 0.0909. The Kier molecular flexibility index (Phi) is 3.21. The molecule has 0 aliphatic heterocycles. The predicted molar refractivity (Wildman–Crippen MR) is 81.6 cm³/mol. The number of carbonyl (C=O) groups excluding carboxylic acids is 1. The molecular formula is C16H15BrN2O. The van der Waals surface area contributed by atoms with Crippen molar-refractivity contribution in [2.24, 2.45) is 5.41 Å². The largest absolute Gasteiger partial charge is 0.294 e. The second-order valence-electron chi connectivity index (χ2n) is 6.04. The third-order valence-electron chi connectivity index (χ3n) is 3.60. The summed E-state index contributed by atoms with van der Waals surface area (Å²) < 4.78 is 1.02. The van der Waals surface area contributed by atoms with Crippen molar-refractivity contribution < 1.29 is 4.79 Å². The molecule has 1 aliphatic rings. The lowest BCUT2D eigenvalue weighted by Gasteiger charge is -2.28. The third-order valence-corrected chi connectivity index (χ3v) is 4.12. The van der Waals surface area contributed by atoms with E-state index in [4.69, 9.17) is 0 Å². The van der Waals surface area contributed by atoms with Gasteiger partial charge in [0.1, 0.15) is 0 Å². The molecule has 1 aromatic carbocycles. The summed E-state index contributed by atoms with van der Waals surface area (Å²) in [4.78, 5) is 12.3. The van der Waals surface area contributed by atoms with Crippen LogP contribution in [0.2, 0.25) is 0 Å². The number of hydrogen-bond acceptors (Lipinski definition) is 3. The zero-order valence-electron chi connectivity index (χ0n) is 11.5. The molecule has 3 nitrogen and oxygen atoms in total. The molecule has 0 amide bonds. The van der Waals surface area contributed by atoms with Gasteiger partial charge in [-0.15, -0.1) is 0 Å². The molecule has 0 saturated carbocycles. The minimum atomic E-state index is -0.0160. The lowest BCUT2D eigenvalue weighted by Crippen LogP contribution is -2.28. The molecule has 2 aromatic rings. The molecule has 4 heteroatoms. The van der Waals surface area contributed by atoms with Crippen LogP contribution in [0, 0.1) is 5.41 Å². The quantitative estimate of drug-likeness (QED) is 0.791. The van der Waals surface area contributed by atoms with Crippen LogP contribution in [0.15, 0.2) is 34.8 Å². The maximum absolute atomic E-state index is 12.3. The van der Waals surface area contributed by atoms with Gasteiger partial charge in [0, 0.05) is 22.0 Å². The van der Waals surface area contributed by atoms with E-state index in [1.54, 1.807) is 0 Å². The van der Waals surface area contributed by atoms with Gasteiger partial charge in [-0.3, -0.25) is 4.79 Å². The Balaban J connectivity index is 2.04. The van der Waals surface area contributed by atoms with Gasteiger partial charge in [0.15, 0.2) is 5.78 Å². The molecule has 20 heavy (non-hydrogen) atoms. The highest BCUT2D eigenvalue weighted by Crippen LogP contribution is 2.34. The predicted octanol–water partition coefficient (Wildman–Crippen LogP) is 4.06. The number of hydrogen-bond donors (Lipinski definition) is 0. The molecular weight excluding hydrogens is 316 g/mol. The monoisotopic (exact) mass is 330 g/mol. The lowest BCUT2D eigenvalue weighted by atomic mass is 9.76. The Morgan fingerprint density at radius 2 is 1.80 bits per heavy atom. The Morgan fingerprint density at radius 1 is 1.10 bits per heavy atom. The number of rotatable bonds is 1. The molecule has 1 aromatic heterocycles. The molecule has 0 atom stereocenters. The van der Waals surface area contributed by atoms with Gasteiger partial charge >= 0.3 is 0 Å². The fourth-order valence-electron chi connectivity index (χ4n) is 2.60. The van der Waals surface area contributed by atoms with Crippen molar-refractivity contribution in [2.45, 2.75) is 26.7 Å². The molecule has 0 bridgehead atoms. The van der Waals surface area contributed by atoms with Crippen LogP contribution in [0.4, 0.5) is 0 Å². The Hall–Kier alpha value is -1.55. The summed E-state index contributed by atoms with van der Waals surface area (Å²) in [5, 5.41) is 8.56. The molecule has 0 unspecified atom stereocenters. The van der Waals surface area contributed by atoms with E-state index < -0.39 is 0 Å². The number of benzene rings is 1. The van der Waals surface area contributed by atoms with Crippen LogP contribution in [0.1, 0.15) is 36.3 Å². The van der Waals surface area contributed by atoms with Crippen LogP contribution in [-0.4, -0.2) is 16.0 Å². The Bertz CT molecular complexity index is 677. The van der Waals surface area contributed by atoms with Gasteiger partial charge in [-0.2, -0.15) is 10.2 Å². The Labute approximate surface area is 126 Å². The first-order valence-corrected chi connectivity index (χ1v) is 7.40. The van der Waals surface area contributed by atoms with E-state index in [9.17, 15) is 4.79 Å². The summed E-state index contributed by atoms with van der Waals surface area (Å²) >= 11 is 3.41. The second-order valence-corrected chi connectivity index (χ2v) is 6.95. The van der Waals surface area contributed by atoms with E-state index in [0.29, 0.717) is 6.42 Å². The summed E-state index contributed by atoms with van der Waals surface area (Å²) in [5.74, 6) is 0.171. The van der Waals surface area contributed by atoms with Crippen molar-refractivity contribution in [3.05, 3.63) is 46.1 Å². The molecule has 1 heterocycles. The van der Waals surface area contributed by atoms with Crippen molar-refractivity contribution in [1.82, 2.24) is 10.2 Å². The van der Waals surface area contributed by atoms with E-state index in [2.05, 4.69) is 40.0 Å². The van der Waals surface area contributed by atoms with Crippen molar-refractivity contribution in [3.8, 4) is 11.3 Å². The summed E-state index contributed by atoms with van der Waals surface area (Å²) in [5.41, 5.74) is 3.27. The number of fused-ring (bicyclic) bond motifs is 1. The van der Waals surface area contributed by atoms with Gasteiger partial charge in [-0.25, -0.2) is 0 Å². The molecule has 0 N–H and O–H groups in total. The van der Waals surface area contributed by atoms with Gasteiger partial charge in [0.05, 0.1) is 11.4 Å². The van der Waals surface area contributed by atoms with Crippen molar-refractivity contribution in [2.75, 3.05) is 0 Å². The molecule has 102 valence electrons. The maximum Gasteiger partial charge on any atom is 0.165 e. The van der Waals surface area contributed by atoms with Crippen molar-refractivity contribution >= 4 is 21.7 Å². The van der Waals surface area contributed by atoms with Gasteiger partial charge in [-0.05, 0) is 30.0 Å². The van der Waals surface area contributed by atoms with Crippen molar-refractivity contribution in [3.63, 3.8) is 0 Å². The highest BCUT2D eigenvalue weighted by molar-refractivity contribution is 9.10. The van der Waals surface area contributed by atoms with Crippen LogP contribution in [0.25, 0.3) is 11.3 Å². The fourth-order valence-corrected chi connectivity index (χ4v) is 2.86. The average Bonchev–Trinajstić information content (AvgIpc) is 2.38. The number of Topliss-reactive ketones (excluding diaryl/α,β-unsaturated/α-hetero) is 1.